The molecule has 0 radical (unpaired) electrons. The first kappa shape index (κ1) is 14.1. The second-order valence-electron chi connectivity index (χ2n) is 6.20. The number of hydrogen-bond donors (Lipinski definition) is 1. The normalized spacial score (nSPS) is 16.6. The van der Waals surface area contributed by atoms with Gasteiger partial charge in [0.2, 0.25) is 6.79 Å². The van der Waals surface area contributed by atoms with Crippen molar-refractivity contribution in [3.05, 3.63) is 58.1 Å². The Hall–Kier alpha value is -3.28. The summed E-state index contributed by atoms with van der Waals surface area (Å²) in [5, 5.41) is 0.599. The van der Waals surface area contributed by atoms with E-state index in [1.807, 2.05) is 24.3 Å². The van der Waals surface area contributed by atoms with Crippen LogP contribution >= 0.6 is 0 Å². The van der Waals surface area contributed by atoms with Crippen LogP contribution in [0.25, 0.3) is 22.6 Å². The van der Waals surface area contributed by atoms with E-state index in [2.05, 4.69) is 4.98 Å². The van der Waals surface area contributed by atoms with Gasteiger partial charge in [0.15, 0.2) is 11.5 Å². The van der Waals surface area contributed by atoms with Crippen molar-refractivity contribution in [1.29, 1.82) is 0 Å². The minimum Gasteiger partial charge on any atom is -0.454 e. The van der Waals surface area contributed by atoms with E-state index < -0.39 is 0 Å². The van der Waals surface area contributed by atoms with E-state index in [4.69, 9.17) is 15.2 Å². The van der Waals surface area contributed by atoms with E-state index in [1.165, 1.54) is 0 Å². The topological polar surface area (TPSA) is 79.4 Å². The van der Waals surface area contributed by atoms with Gasteiger partial charge in [-0.1, -0.05) is 6.07 Å². The summed E-state index contributed by atoms with van der Waals surface area (Å²) in [5.74, 6) is 2.20. The highest BCUT2D eigenvalue weighted by molar-refractivity contribution is 5.86. The molecular formula is C19H15N3O3. The number of ether oxygens (including phenoxy) is 2. The number of nitrogen functional groups attached to an aromatic ring is 1. The van der Waals surface area contributed by atoms with Gasteiger partial charge in [-0.25, -0.2) is 4.98 Å². The van der Waals surface area contributed by atoms with E-state index in [0.29, 0.717) is 29.0 Å². The lowest BCUT2D eigenvalue weighted by molar-refractivity contribution is 0.174. The van der Waals surface area contributed by atoms with Crippen molar-refractivity contribution >= 4 is 28.2 Å². The number of aromatic nitrogens is 2. The summed E-state index contributed by atoms with van der Waals surface area (Å²) >= 11 is 0. The van der Waals surface area contributed by atoms with Gasteiger partial charge in [0.05, 0.1) is 10.9 Å². The predicted octanol–water partition coefficient (Wildman–Crippen LogP) is 2.65. The zero-order valence-electron chi connectivity index (χ0n) is 13.4. The van der Waals surface area contributed by atoms with Crippen LogP contribution in [-0.4, -0.2) is 16.3 Å². The summed E-state index contributed by atoms with van der Waals surface area (Å²) < 4.78 is 12.5. The SMILES string of the molecule is Nc1ccc2c(=O)n3c(nc2c1)C(=Cc1ccc2c(c1)OCO2)CC3. The maximum Gasteiger partial charge on any atom is 0.261 e. The minimum atomic E-state index is -0.0194. The Bertz CT molecular complexity index is 1110. The Balaban J connectivity index is 1.65. The number of rotatable bonds is 1. The fourth-order valence-corrected chi connectivity index (χ4v) is 3.38. The number of allylic oxidation sites excluding steroid dienone is 1. The van der Waals surface area contributed by atoms with Crippen LogP contribution in [0.4, 0.5) is 5.69 Å². The van der Waals surface area contributed by atoms with Crippen LogP contribution in [0.3, 0.4) is 0 Å². The average molecular weight is 333 g/mol. The van der Waals surface area contributed by atoms with Crippen molar-refractivity contribution in [2.45, 2.75) is 13.0 Å². The third-order valence-electron chi connectivity index (χ3n) is 4.61. The molecule has 124 valence electrons. The van der Waals surface area contributed by atoms with Gasteiger partial charge < -0.3 is 15.2 Å². The molecule has 1 aromatic heterocycles. The van der Waals surface area contributed by atoms with E-state index in [9.17, 15) is 4.79 Å². The second kappa shape index (κ2) is 5.11. The zero-order chi connectivity index (χ0) is 17.0. The van der Waals surface area contributed by atoms with Crippen molar-refractivity contribution in [3.63, 3.8) is 0 Å². The quantitative estimate of drug-likeness (QED) is 0.693. The summed E-state index contributed by atoms with van der Waals surface area (Å²) in [7, 11) is 0. The van der Waals surface area contributed by atoms with Crippen LogP contribution in [0.15, 0.2) is 41.2 Å². The summed E-state index contributed by atoms with van der Waals surface area (Å²) in [4.78, 5) is 17.4. The third kappa shape index (κ3) is 2.18. The number of nitrogens with zero attached hydrogens (tertiary/aromatic N) is 2. The average Bonchev–Trinajstić information content (AvgIpc) is 3.22. The van der Waals surface area contributed by atoms with Gasteiger partial charge in [0, 0.05) is 12.2 Å². The lowest BCUT2D eigenvalue weighted by Crippen LogP contribution is -2.20. The molecule has 6 heteroatoms. The number of fused-ring (bicyclic) bond motifs is 3. The summed E-state index contributed by atoms with van der Waals surface area (Å²) in [6.45, 7) is 0.889. The van der Waals surface area contributed by atoms with Crippen molar-refractivity contribution < 1.29 is 9.47 Å². The molecule has 3 aromatic rings. The highest BCUT2D eigenvalue weighted by atomic mass is 16.7. The van der Waals surface area contributed by atoms with Gasteiger partial charge >= 0.3 is 0 Å². The molecule has 2 aromatic carbocycles. The third-order valence-corrected chi connectivity index (χ3v) is 4.61. The molecule has 3 heterocycles. The molecule has 0 bridgehead atoms. The Morgan fingerprint density at radius 1 is 1.12 bits per heavy atom. The van der Waals surface area contributed by atoms with Gasteiger partial charge in [-0.05, 0) is 54.0 Å². The largest absolute Gasteiger partial charge is 0.454 e. The predicted molar refractivity (Wildman–Crippen MR) is 95.5 cm³/mol. The molecule has 2 N–H and O–H groups in total. The molecule has 0 fully saturated rings. The molecule has 0 unspecified atom stereocenters. The van der Waals surface area contributed by atoms with Gasteiger partial charge in [0.1, 0.15) is 5.82 Å². The van der Waals surface area contributed by atoms with Crippen molar-refractivity contribution in [3.8, 4) is 11.5 Å². The summed E-state index contributed by atoms with van der Waals surface area (Å²) in [6, 6.07) is 11.0. The molecule has 0 saturated heterocycles. The Morgan fingerprint density at radius 2 is 2.00 bits per heavy atom. The maximum atomic E-state index is 12.7. The number of benzene rings is 2. The first-order valence-electron chi connectivity index (χ1n) is 8.10. The van der Waals surface area contributed by atoms with Gasteiger partial charge in [-0.15, -0.1) is 0 Å². The molecule has 0 aliphatic carbocycles. The Labute approximate surface area is 143 Å². The first-order valence-corrected chi connectivity index (χ1v) is 8.10. The maximum absolute atomic E-state index is 12.7. The van der Waals surface area contributed by atoms with E-state index in [0.717, 1.165) is 29.1 Å². The molecule has 2 aliphatic heterocycles. The molecule has 0 saturated carbocycles. The first-order chi connectivity index (χ1) is 12.2. The Morgan fingerprint density at radius 3 is 2.92 bits per heavy atom. The molecule has 0 atom stereocenters. The van der Waals surface area contributed by atoms with Crippen LogP contribution in [0.1, 0.15) is 17.8 Å². The second-order valence-corrected chi connectivity index (χ2v) is 6.20. The van der Waals surface area contributed by atoms with E-state index in [-0.39, 0.29) is 12.4 Å². The van der Waals surface area contributed by atoms with Gasteiger partial charge in [0.25, 0.3) is 5.56 Å². The van der Waals surface area contributed by atoms with Crippen LogP contribution in [0, 0.1) is 0 Å². The monoisotopic (exact) mass is 333 g/mol. The van der Waals surface area contributed by atoms with Crippen molar-refractivity contribution in [2.75, 3.05) is 12.5 Å². The van der Waals surface area contributed by atoms with Crippen LogP contribution in [0.5, 0.6) is 11.5 Å². The number of hydrogen-bond acceptors (Lipinski definition) is 5. The van der Waals surface area contributed by atoms with Crippen LogP contribution < -0.4 is 20.8 Å². The van der Waals surface area contributed by atoms with Crippen molar-refractivity contribution in [2.24, 2.45) is 0 Å². The molecule has 6 nitrogen and oxygen atoms in total. The lowest BCUT2D eigenvalue weighted by atomic mass is 10.1. The minimum absolute atomic E-state index is 0.0194. The summed E-state index contributed by atoms with van der Waals surface area (Å²) in [5.41, 5.74) is 9.08. The fraction of sp³-hybridized carbons (Fsp3) is 0.158. The number of nitrogens with two attached hydrogens (primary N) is 1. The summed E-state index contributed by atoms with van der Waals surface area (Å²) in [6.07, 6.45) is 2.81. The molecule has 5 rings (SSSR count). The highest BCUT2D eigenvalue weighted by Gasteiger charge is 2.21. The molecule has 25 heavy (non-hydrogen) atoms. The lowest BCUT2D eigenvalue weighted by Gasteiger charge is -2.06. The fourth-order valence-electron chi connectivity index (χ4n) is 3.38. The van der Waals surface area contributed by atoms with Crippen LogP contribution in [0.2, 0.25) is 0 Å². The van der Waals surface area contributed by atoms with E-state index >= 15 is 0 Å². The standard InChI is InChI=1S/C19H15N3O3/c20-13-2-3-14-15(9-13)21-18-12(5-6-22(18)19(14)23)7-11-1-4-16-17(8-11)25-10-24-16/h1-4,7-9H,5-6,10,20H2. The molecule has 2 aliphatic rings. The molecular weight excluding hydrogens is 318 g/mol. The smallest absolute Gasteiger partial charge is 0.261 e. The number of anilines is 1. The highest BCUT2D eigenvalue weighted by Crippen LogP contribution is 2.34. The van der Waals surface area contributed by atoms with E-state index in [1.54, 1.807) is 22.8 Å². The Kier molecular flexibility index (Phi) is 2.88. The molecule has 0 amide bonds. The van der Waals surface area contributed by atoms with Crippen molar-refractivity contribution in [1.82, 2.24) is 9.55 Å². The van der Waals surface area contributed by atoms with Gasteiger partial charge in [-0.3, -0.25) is 9.36 Å². The zero-order valence-corrected chi connectivity index (χ0v) is 13.4. The van der Waals surface area contributed by atoms with Gasteiger partial charge in [-0.2, -0.15) is 0 Å². The van der Waals surface area contributed by atoms with Crippen LogP contribution in [-0.2, 0) is 6.54 Å². The molecule has 0 spiro atoms.